The lowest BCUT2D eigenvalue weighted by Crippen LogP contribution is -2.37. The topological polar surface area (TPSA) is 81.4 Å². The Kier molecular flexibility index (Phi) is 7.30. The van der Waals surface area contributed by atoms with Crippen molar-refractivity contribution in [2.24, 2.45) is 0 Å². The summed E-state index contributed by atoms with van der Waals surface area (Å²) >= 11 is 0. The highest BCUT2D eigenvalue weighted by molar-refractivity contribution is 6.88. The summed E-state index contributed by atoms with van der Waals surface area (Å²) in [4.78, 5) is 25.9. The lowest BCUT2D eigenvalue weighted by molar-refractivity contribution is -0.127. The molecule has 0 aliphatic rings. The van der Waals surface area contributed by atoms with Gasteiger partial charge in [-0.15, -0.1) is 0 Å². The minimum Gasteiger partial charge on any atom is -0.497 e. The van der Waals surface area contributed by atoms with E-state index in [0.717, 1.165) is 5.56 Å². The van der Waals surface area contributed by atoms with Crippen molar-refractivity contribution in [1.82, 2.24) is 10.5 Å². The van der Waals surface area contributed by atoms with E-state index in [-0.39, 0.29) is 24.5 Å². The van der Waals surface area contributed by atoms with E-state index in [1.165, 1.54) is 5.19 Å². The second-order valence-electron chi connectivity index (χ2n) is 8.98. The van der Waals surface area contributed by atoms with Crippen molar-refractivity contribution in [3.05, 3.63) is 77.2 Å². The smallest absolute Gasteiger partial charge is 0.228 e. The summed E-state index contributed by atoms with van der Waals surface area (Å²) in [6.07, 6.45) is 0.246. The van der Waals surface area contributed by atoms with Gasteiger partial charge >= 0.3 is 0 Å². The van der Waals surface area contributed by atoms with Crippen molar-refractivity contribution in [3.63, 3.8) is 0 Å². The highest BCUT2D eigenvalue weighted by Gasteiger charge is 2.24. The van der Waals surface area contributed by atoms with Gasteiger partial charge in [-0.05, 0) is 30.2 Å². The maximum atomic E-state index is 13.3. The summed E-state index contributed by atoms with van der Waals surface area (Å²) in [5.41, 5.74) is 2.34. The molecule has 0 aliphatic carbocycles. The first-order chi connectivity index (χ1) is 15.2. The first-order valence-corrected chi connectivity index (χ1v) is 14.1. The zero-order chi connectivity index (χ0) is 23.3. The van der Waals surface area contributed by atoms with Crippen LogP contribution in [-0.4, -0.2) is 32.0 Å². The van der Waals surface area contributed by atoms with Crippen molar-refractivity contribution >= 4 is 25.0 Å². The van der Waals surface area contributed by atoms with Gasteiger partial charge in [0.05, 0.1) is 27.3 Å². The molecule has 0 aliphatic heterocycles. The van der Waals surface area contributed by atoms with Gasteiger partial charge in [-0.2, -0.15) is 0 Å². The van der Waals surface area contributed by atoms with Crippen molar-refractivity contribution < 1.29 is 18.8 Å². The molecule has 2 aromatic carbocycles. The zero-order valence-electron chi connectivity index (χ0n) is 19.3. The summed E-state index contributed by atoms with van der Waals surface area (Å²) in [5.74, 6) is 0.760. The van der Waals surface area contributed by atoms with Crippen LogP contribution in [0.25, 0.3) is 0 Å². The van der Waals surface area contributed by atoms with Gasteiger partial charge in [-0.25, -0.2) is 0 Å². The fourth-order valence-corrected chi connectivity index (χ4v) is 4.61. The monoisotopic (exact) mass is 450 g/mol. The number of benzene rings is 2. The number of hydrogen-bond donors (Lipinski definition) is 1. The van der Waals surface area contributed by atoms with Gasteiger partial charge in [-0.3, -0.25) is 9.59 Å². The number of methoxy groups -OCH3 is 1. The molecule has 1 aromatic heterocycles. The van der Waals surface area contributed by atoms with E-state index in [4.69, 9.17) is 9.26 Å². The molecular weight excluding hydrogens is 420 g/mol. The maximum Gasteiger partial charge on any atom is 0.228 e. The molecule has 0 fully saturated rings. The third-order valence-corrected chi connectivity index (χ3v) is 7.35. The molecular formula is C25H30N2O4Si. The number of rotatable bonds is 9. The molecule has 1 heterocycles. The number of carbonyl (C=O) groups excluding carboxylic acids is 2. The first kappa shape index (κ1) is 23.5. The third kappa shape index (κ3) is 6.17. The van der Waals surface area contributed by atoms with Gasteiger partial charge in [0.15, 0.2) is 5.78 Å². The number of aromatic nitrogens is 1. The van der Waals surface area contributed by atoms with Gasteiger partial charge in [0.25, 0.3) is 0 Å². The van der Waals surface area contributed by atoms with Crippen molar-refractivity contribution in [2.75, 3.05) is 7.11 Å². The number of nitrogens with one attached hydrogen (secondary N) is 1. The number of nitrogens with zero attached hydrogens (tertiary/aromatic N) is 1. The van der Waals surface area contributed by atoms with Crippen LogP contribution >= 0.6 is 0 Å². The van der Waals surface area contributed by atoms with E-state index >= 15 is 0 Å². The Hall–Kier alpha value is -3.19. The standard InChI is InChI=1S/C25H30N2O4Si/c1-17-14-21(31-27-17)16-24(29)26-25(19-8-10-20(30-2)11-9-19)23(28)15-18-6-12-22(13-7-18)32(3,4)5/h6-14,25H,15-16H2,1-5H3,(H,26,29). The van der Waals surface area contributed by atoms with Crippen molar-refractivity contribution in [3.8, 4) is 5.75 Å². The molecule has 0 saturated carbocycles. The fourth-order valence-electron chi connectivity index (χ4n) is 3.44. The molecule has 6 nitrogen and oxygen atoms in total. The number of Topliss-reactive ketones (excluding diaryl/α,β-unsaturated/α-hetero) is 1. The van der Waals surface area contributed by atoms with Crippen LogP contribution in [0.15, 0.2) is 59.1 Å². The normalized spacial score (nSPS) is 12.3. The second kappa shape index (κ2) is 9.95. The molecule has 1 N–H and O–H groups in total. The van der Waals surface area contributed by atoms with Crippen molar-refractivity contribution in [2.45, 2.75) is 45.4 Å². The molecule has 3 rings (SSSR count). The molecule has 1 atom stereocenters. The van der Waals surface area contributed by atoms with E-state index in [0.29, 0.717) is 22.8 Å². The molecule has 0 radical (unpaired) electrons. The fraction of sp³-hybridized carbons (Fsp3) is 0.320. The maximum absolute atomic E-state index is 13.3. The lowest BCUT2D eigenvalue weighted by Gasteiger charge is -2.19. The molecule has 1 amide bonds. The average Bonchev–Trinajstić information content (AvgIpc) is 3.16. The Morgan fingerprint density at radius 1 is 1.03 bits per heavy atom. The van der Waals surface area contributed by atoms with Gasteiger partial charge in [-0.1, -0.05) is 66.4 Å². The van der Waals surface area contributed by atoms with E-state index in [1.54, 1.807) is 44.4 Å². The number of hydrogen-bond acceptors (Lipinski definition) is 5. The van der Waals surface area contributed by atoms with Crippen LogP contribution in [0.3, 0.4) is 0 Å². The Morgan fingerprint density at radius 2 is 1.69 bits per heavy atom. The number of carbonyl (C=O) groups is 2. The minimum absolute atomic E-state index is 0.0195. The molecule has 1 unspecified atom stereocenters. The van der Waals surface area contributed by atoms with E-state index in [9.17, 15) is 9.59 Å². The quantitative estimate of drug-likeness (QED) is 0.502. The molecule has 0 bridgehead atoms. The lowest BCUT2D eigenvalue weighted by atomic mass is 9.97. The molecule has 0 spiro atoms. The number of ketones is 1. The highest BCUT2D eigenvalue weighted by atomic mass is 28.3. The van der Waals surface area contributed by atoms with Crippen LogP contribution in [0.4, 0.5) is 0 Å². The zero-order valence-corrected chi connectivity index (χ0v) is 20.3. The van der Waals surface area contributed by atoms with E-state index < -0.39 is 14.1 Å². The third-order valence-electron chi connectivity index (χ3n) is 5.29. The molecule has 32 heavy (non-hydrogen) atoms. The van der Waals surface area contributed by atoms with Crippen LogP contribution in [0, 0.1) is 6.92 Å². The summed E-state index contributed by atoms with van der Waals surface area (Å²) in [6.45, 7) is 8.66. The minimum atomic E-state index is -1.40. The largest absolute Gasteiger partial charge is 0.497 e. The predicted octanol–water partition coefficient (Wildman–Crippen LogP) is 3.75. The van der Waals surface area contributed by atoms with Crippen molar-refractivity contribution in [1.29, 1.82) is 0 Å². The van der Waals surface area contributed by atoms with Crippen LogP contribution in [0.1, 0.15) is 28.6 Å². The Morgan fingerprint density at radius 3 is 2.22 bits per heavy atom. The SMILES string of the molecule is COc1ccc(C(NC(=O)Cc2cc(C)no2)C(=O)Cc2ccc([Si](C)(C)C)cc2)cc1. The van der Waals surface area contributed by atoms with E-state index in [1.807, 2.05) is 12.1 Å². The molecule has 168 valence electrons. The first-order valence-electron chi connectivity index (χ1n) is 10.6. The second-order valence-corrected chi connectivity index (χ2v) is 14.1. The summed E-state index contributed by atoms with van der Waals surface area (Å²) in [5, 5.41) is 8.03. The highest BCUT2D eigenvalue weighted by Crippen LogP contribution is 2.21. The van der Waals surface area contributed by atoms with Gasteiger partial charge in [0, 0.05) is 12.5 Å². The van der Waals surface area contributed by atoms with Gasteiger partial charge in [0.2, 0.25) is 5.91 Å². The van der Waals surface area contributed by atoms with E-state index in [2.05, 4.69) is 42.2 Å². The van der Waals surface area contributed by atoms with Crippen LogP contribution in [-0.2, 0) is 22.4 Å². The molecule has 3 aromatic rings. The Labute approximate surface area is 190 Å². The summed E-state index contributed by atoms with van der Waals surface area (Å²) < 4.78 is 10.4. The Balaban J connectivity index is 1.78. The molecule has 7 heteroatoms. The number of aryl methyl sites for hydroxylation is 1. The molecule has 0 saturated heterocycles. The summed E-state index contributed by atoms with van der Waals surface area (Å²) in [6, 6.07) is 16.4. The summed E-state index contributed by atoms with van der Waals surface area (Å²) in [7, 11) is 0.181. The number of ether oxygens (including phenoxy) is 1. The van der Waals surface area contributed by atoms with Gasteiger partial charge in [0.1, 0.15) is 17.6 Å². The van der Waals surface area contributed by atoms with Crippen LogP contribution in [0.5, 0.6) is 5.75 Å². The van der Waals surface area contributed by atoms with Crippen LogP contribution < -0.4 is 15.2 Å². The Bertz CT molecular complexity index is 1070. The average molecular weight is 451 g/mol. The van der Waals surface area contributed by atoms with Crippen LogP contribution in [0.2, 0.25) is 19.6 Å². The van der Waals surface area contributed by atoms with Gasteiger partial charge < -0.3 is 14.6 Å². The predicted molar refractivity (Wildman–Crippen MR) is 127 cm³/mol. The number of amides is 1.